The molecule has 1 fully saturated rings. The van der Waals surface area contributed by atoms with Crippen LogP contribution < -0.4 is 5.32 Å². The van der Waals surface area contributed by atoms with Gasteiger partial charge in [0.15, 0.2) is 0 Å². The number of piperazine rings is 1. The van der Waals surface area contributed by atoms with Gasteiger partial charge in [0.25, 0.3) is 5.91 Å². The standard InChI is InChI=1S/C10H13BrN2OS.ClH/c1-7-6-13(4-3-12-7)10(14)9-8(11)2-5-15-9;/h2,5,7,12H,3-4,6H2,1H3;1H/t7-;/m0./s1. The number of carbonyl (C=O) groups excluding carboxylic acids is 1. The molecule has 0 unspecified atom stereocenters. The van der Waals surface area contributed by atoms with Crippen LogP contribution in [0.3, 0.4) is 0 Å². The van der Waals surface area contributed by atoms with Crippen molar-refractivity contribution in [1.82, 2.24) is 10.2 Å². The molecule has 90 valence electrons. The van der Waals surface area contributed by atoms with Gasteiger partial charge in [-0.1, -0.05) is 0 Å². The first kappa shape index (κ1) is 14.0. The number of nitrogens with one attached hydrogen (secondary N) is 1. The zero-order chi connectivity index (χ0) is 10.8. The maximum Gasteiger partial charge on any atom is 0.265 e. The van der Waals surface area contributed by atoms with E-state index in [0.29, 0.717) is 6.04 Å². The number of amides is 1. The molecule has 1 aromatic rings. The molecule has 0 aliphatic carbocycles. The first-order valence-electron chi connectivity index (χ1n) is 4.94. The highest BCUT2D eigenvalue weighted by atomic mass is 79.9. The number of hydrogen-bond acceptors (Lipinski definition) is 3. The van der Waals surface area contributed by atoms with Crippen LogP contribution in [0.2, 0.25) is 0 Å². The van der Waals surface area contributed by atoms with E-state index < -0.39 is 0 Å². The fourth-order valence-corrected chi connectivity index (χ4v) is 3.21. The second-order valence-corrected chi connectivity index (χ2v) is 5.47. The van der Waals surface area contributed by atoms with E-state index in [-0.39, 0.29) is 18.3 Å². The highest BCUT2D eigenvalue weighted by molar-refractivity contribution is 9.10. The van der Waals surface area contributed by atoms with E-state index in [1.165, 1.54) is 11.3 Å². The molecule has 1 aliphatic heterocycles. The second kappa shape index (κ2) is 6.00. The Morgan fingerprint density at radius 3 is 3.00 bits per heavy atom. The van der Waals surface area contributed by atoms with Gasteiger partial charge in [0.1, 0.15) is 4.88 Å². The molecule has 1 saturated heterocycles. The molecule has 0 radical (unpaired) electrons. The van der Waals surface area contributed by atoms with Crippen molar-refractivity contribution >= 4 is 45.6 Å². The summed E-state index contributed by atoms with van der Waals surface area (Å²) >= 11 is 4.89. The summed E-state index contributed by atoms with van der Waals surface area (Å²) in [5.41, 5.74) is 0. The number of rotatable bonds is 1. The summed E-state index contributed by atoms with van der Waals surface area (Å²) in [7, 11) is 0. The van der Waals surface area contributed by atoms with Crippen molar-refractivity contribution in [2.75, 3.05) is 19.6 Å². The zero-order valence-electron chi connectivity index (χ0n) is 8.90. The number of halogens is 2. The van der Waals surface area contributed by atoms with Gasteiger partial charge in [-0.2, -0.15) is 0 Å². The minimum Gasteiger partial charge on any atom is -0.335 e. The maximum atomic E-state index is 12.1. The van der Waals surface area contributed by atoms with Crippen molar-refractivity contribution in [2.45, 2.75) is 13.0 Å². The first-order chi connectivity index (χ1) is 7.18. The van der Waals surface area contributed by atoms with Gasteiger partial charge in [0.05, 0.1) is 0 Å². The van der Waals surface area contributed by atoms with Crippen molar-refractivity contribution in [3.8, 4) is 0 Å². The molecule has 0 saturated carbocycles. The molecule has 6 heteroatoms. The molecule has 0 spiro atoms. The molecule has 0 aromatic carbocycles. The number of thiophene rings is 1. The van der Waals surface area contributed by atoms with Crippen LogP contribution in [0.4, 0.5) is 0 Å². The zero-order valence-corrected chi connectivity index (χ0v) is 12.1. The summed E-state index contributed by atoms with van der Waals surface area (Å²) in [6.45, 7) is 4.58. The van der Waals surface area contributed by atoms with Gasteiger partial charge in [0.2, 0.25) is 0 Å². The molecule has 1 N–H and O–H groups in total. The van der Waals surface area contributed by atoms with Crippen LogP contribution in [0.1, 0.15) is 16.6 Å². The quantitative estimate of drug-likeness (QED) is 0.860. The van der Waals surface area contributed by atoms with Gasteiger partial charge in [-0.25, -0.2) is 0 Å². The molecule has 2 heterocycles. The fraction of sp³-hybridized carbons (Fsp3) is 0.500. The summed E-state index contributed by atoms with van der Waals surface area (Å²) < 4.78 is 0.906. The Balaban J connectivity index is 0.00000128. The molecule has 16 heavy (non-hydrogen) atoms. The summed E-state index contributed by atoms with van der Waals surface area (Å²) in [6.07, 6.45) is 0. The number of nitrogens with zero attached hydrogens (tertiary/aromatic N) is 1. The van der Waals surface area contributed by atoms with Crippen molar-refractivity contribution < 1.29 is 4.79 Å². The summed E-state index contributed by atoms with van der Waals surface area (Å²) in [4.78, 5) is 14.8. The average molecular weight is 326 g/mol. The molecule has 2 rings (SSSR count). The largest absolute Gasteiger partial charge is 0.335 e. The van der Waals surface area contributed by atoms with Gasteiger partial charge < -0.3 is 10.2 Å². The van der Waals surface area contributed by atoms with E-state index in [9.17, 15) is 4.79 Å². The number of hydrogen-bond donors (Lipinski definition) is 1. The van der Waals surface area contributed by atoms with Crippen LogP contribution >= 0.6 is 39.7 Å². The predicted molar refractivity (Wildman–Crippen MR) is 72.6 cm³/mol. The van der Waals surface area contributed by atoms with Crippen LogP contribution in [0.25, 0.3) is 0 Å². The molecule has 1 aliphatic rings. The molecule has 0 bridgehead atoms. The maximum absolute atomic E-state index is 12.1. The van der Waals surface area contributed by atoms with Crippen LogP contribution in [0.15, 0.2) is 15.9 Å². The van der Waals surface area contributed by atoms with Gasteiger partial charge >= 0.3 is 0 Å². The van der Waals surface area contributed by atoms with Crippen LogP contribution in [-0.2, 0) is 0 Å². The SMILES string of the molecule is C[C@H]1CN(C(=O)c2sccc2Br)CCN1.Cl. The van der Waals surface area contributed by atoms with Crippen LogP contribution in [0, 0.1) is 0 Å². The molecular formula is C10H14BrClN2OS. The highest BCUT2D eigenvalue weighted by Crippen LogP contribution is 2.24. The lowest BCUT2D eigenvalue weighted by Gasteiger charge is -2.31. The lowest BCUT2D eigenvalue weighted by atomic mass is 10.2. The fourth-order valence-electron chi connectivity index (χ4n) is 1.71. The van der Waals surface area contributed by atoms with Crippen LogP contribution in [-0.4, -0.2) is 36.5 Å². The van der Waals surface area contributed by atoms with E-state index in [2.05, 4.69) is 28.2 Å². The van der Waals surface area contributed by atoms with Gasteiger partial charge in [-0.05, 0) is 34.3 Å². The Kier molecular flexibility index (Phi) is 5.24. The summed E-state index contributed by atoms with van der Waals surface area (Å²) in [5, 5.41) is 5.26. The minimum atomic E-state index is 0. The first-order valence-corrected chi connectivity index (χ1v) is 6.61. The topological polar surface area (TPSA) is 32.3 Å². The Labute approximate surface area is 114 Å². The summed E-state index contributed by atoms with van der Waals surface area (Å²) in [6, 6.07) is 2.31. The van der Waals surface area contributed by atoms with Gasteiger partial charge in [0, 0.05) is 30.1 Å². The van der Waals surface area contributed by atoms with Crippen molar-refractivity contribution in [2.24, 2.45) is 0 Å². The third-order valence-electron chi connectivity index (χ3n) is 2.47. The summed E-state index contributed by atoms with van der Waals surface area (Å²) in [5.74, 6) is 0.144. The average Bonchev–Trinajstić information content (AvgIpc) is 2.63. The highest BCUT2D eigenvalue weighted by Gasteiger charge is 2.23. The molecular weight excluding hydrogens is 312 g/mol. The van der Waals surface area contributed by atoms with E-state index in [0.717, 1.165) is 29.0 Å². The van der Waals surface area contributed by atoms with Crippen molar-refractivity contribution in [1.29, 1.82) is 0 Å². The second-order valence-electron chi connectivity index (χ2n) is 3.70. The van der Waals surface area contributed by atoms with E-state index in [1.807, 2.05) is 16.3 Å². The predicted octanol–water partition coefficient (Wildman–Crippen LogP) is 2.37. The normalized spacial score (nSPS) is 20.4. The Hall–Kier alpha value is -0.100. The van der Waals surface area contributed by atoms with E-state index in [1.54, 1.807) is 0 Å². The third-order valence-corrected chi connectivity index (χ3v) is 4.29. The Morgan fingerprint density at radius 2 is 2.44 bits per heavy atom. The van der Waals surface area contributed by atoms with Crippen molar-refractivity contribution in [3.05, 3.63) is 20.8 Å². The van der Waals surface area contributed by atoms with E-state index >= 15 is 0 Å². The van der Waals surface area contributed by atoms with Crippen LogP contribution in [0.5, 0.6) is 0 Å². The van der Waals surface area contributed by atoms with E-state index in [4.69, 9.17) is 0 Å². The van der Waals surface area contributed by atoms with Crippen molar-refractivity contribution in [3.63, 3.8) is 0 Å². The number of carbonyl (C=O) groups is 1. The third kappa shape index (κ3) is 2.97. The Morgan fingerprint density at radius 1 is 1.69 bits per heavy atom. The lowest BCUT2D eigenvalue weighted by Crippen LogP contribution is -2.51. The van der Waals surface area contributed by atoms with Gasteiger partial charge in [-0.15, -0.1) is 23.7 Å². The molecule has 1 amide bonds. The minimum absolute atomic E-state index is 0. The Bertz CT molecular complexity index is 371. The smallest absolute Gasteiger partial charge is 0.265 e. The molecule has 1 atom stereocenters. The molecule has 1 aromatic heterocycles. The van der Waals surface area contributed by atoms with Gasteiger partial charge in [-0.3, -0.25) is 4.79 Å². The monoisotopic (exact) mass is 324 g/mol. The lowest BCUT2D eigenvalue weighted by molar-refractivity contribution is 0.0713. The molecule has 3 nitrogen and oxygen atoms in total.